The molecule has 0 heterocycles. The minimum absolute atomic E-state index is 0.0161. The predicted octanol–water partition coefficient (Wildman–Crippen LogP) is 4.66. The fourth-order valence-electron chi connectivity index (χ4n) is 1.90. The lowest BCUT2D eigenvalue weighted by Crippen LogP contribution is -2.48. The summed E-state index contributed by atoms with van der Waals surface area (Å²) in [6, 6.07) is 3.73. The van der Waals surface area contributed by atoms with Gasteiger partial charge in [0.05, 0.1) is 0 Å². The molecule has 0 amide bonds. The highest BCUT2D eigenvalue weighted by atomic mass is 19.4. The first-order valence-corrected chi connectivity index (χ1v) is 6.39. The molecular weight excluding hydrogens is 277 g/mol. The van der Waals surface area contributed by atoms with Crippen molar-refractivity contribution in [2.45, 2.75) is 44.8 Å². The van der Waals surface area contributed by atoms with Crippen LogP contribution in [0.5, 0.6) is 0 Å². The van der Waals surface area contributed by atoms with E-state index in [0.717, 1.165) is 5.56 Å². The average molecular weight is 295 g/mol. The van der Waals surface area contributed by atoms with Crippen molar-refractivity contribution < 1.29 is 22.0 Å². The van der Waals surface area contributed by atoms with E-state index >= 15 is 0 Å². The Bertz CT molecular complexity index is 422. The second-order valence-electron chi connectivity index (χ2n) is 4.93. The number of nitrogens with one attached hydrogen (secondary N) is 1. The molecule has 0 aromatic heterocycles. The molecule has 0 aliphatic rings. The molecule has 0 radical (unpaired) electrons. The lowest BCUT2D eigenvalue weighted by Gasteiger charge is -2.29. The van der Waals surface area contributed by atoms with Gasteiger partial charge in [-0.25, -0.2) is 0 Å². The van der Waals surface area contributed by atoms with Crippen LogP contribution in [0, 0.1) is 0 Å². The van der Waals surface area contributed by atoms with Gasteiger partial charge >= 0.3 is 12.1 Å². The van der Waals surface area contributed by atoms with Crippen LogP contribution in [0.3, 0.4) is 0 Å². The molecule has 0 aliphatic carbocycles. The summed E-state index contributed by atoms with van der Waals surface area (Å²) in [4.78, 5) is 0. The second kappa shape index (κ2) is 6.08. The fourth-order valence-corrected chi connectivity index (χ4v) is 1.90. The zero-order chi connectivity index (χ0) is 15.6. The van der Waals surface area contributed by atoms with Crippen molar-refractivity contribution in [3.05, 3.63) is 35.4 Å². The summed E-state index contributed by atoms with van der Waals surface area (Å²) in [5, 5.41) is 2.22. The van der Waals surface area contributed by atoms with E-state index in [4.69, 9.17) is 0 Å². The Morgan fingerprint density at radius 2 is 1.40 bits per heavy atom. The first-order valence-electron chi connectivity index (χ1n) is 6.39. The van der Waals surface area contributed by atoms with Crippen LogP contribution in [-0.2, 0) is 0 Å². The third-order valence-electron chi connectivity index (χ3n) is 3.09. The molecule has 114 valence electrons. The maximum Gasteiger partial charge on any atom is 0.455 e. The van der Waals surface area contributed by atoms with Gasteiger partial charge < -0.3 is 5.32 Å². The minimum atomic E-state index is -5.59. The molecule has 1 aromatic carbocycles. The minimum Gasteiger partial charge on any atom is -0.305 e. The molecular formula is C14H18F5N. The van der Waals surface area contributed by atoms with Gasteiger partial charge in [-0.15, -0.1) is 0 Å². The molecule has 20 heavy (non-hydrogen) atoms. The Kier molecular flexibility index (Phi) is 5.13. The van der Waals surface area contributed by atoms with Crippen molar-refractivity contribution in [1.82, 2.24) is 5.32 Å². The average Bonchev–Trinajstić information content (AvgIpc) is 2.34. The van der Waals surface area contributed by atoms with Gasteiger partial charge in [-0.3, -0.25) is 0 Å². The van der Waals surface area contributed by atoms with Crippen molar-refractivity contribution in [1.29, 1.82) is 0 Å². The summed E-state index contributed by atoms with van der Waals surface area (Å²) >= 11 is 0. The van der Waals surface area contributed by atoms with Crippen molar-refractivity contribution in [2.75, 3.05) is 6.54 Å². The van der Waals surface area contributed by atoms with Crippen LogP contribution >= 0.6 is 0 Å². The van der Waals surface area contributed by atoms with Crippen LogP contribution < -0.4 is 5.32 Å². The molecule has 0 saturated carbocycles. The van der Waals surface area contributed by atoms with E-state index in [0.29, 0.717) is 0 Å². The standard InChI is InChI=1S/C14H18F5N/c1-4-20-12(13(15,16)14(17,18)19)11-7-5-10(6-8-11)9(2)3/h5-9,12,20H,4H2,1-3H3. The van der Waals surface area contributed by atoms with Gasteiger partial charge in [0, 0.05) is 0 Å². The molecule has 1 N–H and O–H groups in total. The SMILES string of the molecule is CCNC(c1ccc(C(C)C)cc1)C(F)(F)C(F)(F)F. The van der Waals surface area contributed by atoms with E-state index in [1.807, 2.05) is 13.8 Å². The number of hydrogen-bond donors (Lipinski definition) is 1. The quantitative estimate of drug-likeness (QED) is 0.779. The van der Waals surface area contributed by atoms with E-state index in [1.54, 1.807) is 12.1 Å². The number of halogens is 5. The number of benzene rings is 1. The summed E-state index contributed by atoms with van der Waals surface area (Å²) in [7, 11) is 0. The molecule has 0 aliphatic heterocycles. The van der Waals surface area contributed by atoms with Crippen LogP contribution in [0.2, 0.25) is 0 Å². The highest BCUT2D eigenvalue weighted by Crippen LogP contribution is 2.44. The number of rotatable bonds is 5. The normalized spacial score (nSPS) is 14.7. The van der Waals surface area contributed by atoms with E-state index in [2.05, 4.69) is 5.32 Å². The monoisotopic (exact) mass is 295 g/mol. The zero-order valence-electron chi connectivity index (χ0n) is 11.6. The van der Waals surface area contributed by atoms with Crippen molar-refractivity contribution >= 4 is 0 Å². The number of hydrogen-bond acceptors (Lipinski definition) is 1. The second-order valence-corrected chi connectivity index (χ2v) is 4.93. The van der Waals surface area contributed by atoms with Gasteiger partial charge in [-0.2, -0.15) is 22.0 Å². The van der Waals surface area contributed by atoms with E-state index in [1.165, 1.54) is 19.1 Å². The van der Waals surface area contributed by atoms with Gasteiger partial charge in [0.25, 0.3) is 0 Å². The summed E-state index contributed by atoms with van der Waals surface area (Å²) in [6.07, 6.45) is -5.59. The van der Waals surface area contributed by atoms with E-state index in [-0.39, 0.29) is 18.0 Å². The summed E-state index contributed by atoms with van der Waals surface area (Å²) in [6.45, 7) is 5.34. The Hall–Kier alpha value is -1.17. The van der Waals surface area contributed by atoms with Crippen molar-refractivity contribution in [3.63, 3.8) is 0 Å². The maximum absolute atomic E-state index is 13.5. The molecule has 0 saturated heterocycles. The Balaban J connectivity index is 3.14. The van der Waals surface area contributed by atoms with E-state index < -0.39 is 18.1 Å². The van der Waals surface area contributed by atoms with Crippen LogP contribution in [0.15, 0.2) is 24.3 Å². The number of alkyl halides is 5. The van der Waals surface area contributed by atoms with Gasteiger partial charge in [0.15, 0.2) is 0 Å². The fraction of sp³-hybridized carbons (Fsp3) is 0.571. The first-order chi connectivity index (χ1) is 9.11. The molecule has 1 aromatic rings. The largest absolute Gasteiger partial charge is 0.455 e. The Labute approximate surface area is 115 Å². The Morgan fingerprint density at radius 1 is 0.950 bits per heavy atom. The molecule has 0 fully saturated rings. The highest BCUT2D eigenvalue weighted by molar-refractivity contribution is 5.28. The molecule has 0 spiro atoms. The summed E-state index contributed by atoms with van der Waals surface area (Å²) in [5.41, 5.74) is 0.817. The smallest absolute Gasteiger partial charge is 0.305 e. The predicted molar refractivity (Wildman–Crippen MR) is 68.0 cm³/mol. The van der Waals surface area contributed by atoms with Crippen LogP contribution in [-0.4, -0.2) is 18.6 Å². The van der Waals surface area contributed by atoms with Crippen molar-refractivity contribution in [2.24, 2.45) is 0 Å². The summed E-state index contributed by atoms with van der Waals surface area (Å²) in [5.74, 6) is -4.63. The molecule has 1 atom stereocenters. The van der Waals surface area contributed by atoms with E-state index in [9.17, 15) is 22.0 Å². The molecule has 6 heteroatoms. The van der Waals surface area contributed by atoms with Gasteiger partial charge in [0.1, 0.15) is 6.04 Å². The van der Waals surface area contributed by atoms with Crippen molar-refractivity contribution in [3.8, 4) is 0 Å². The lowest BCUT2D eigenvalue weighted by atomic mass is 9.96. The lowest BCUT2D eigenvalue weighted by molar-refractivity contribution is -0.294. The van der Waals surface area contributed by atoms with Gasteiger partial charge in [-0.05, 0) is 23.6 Å². The highest BCUT2D eigenvalue weighted by Gasteiger charge is 2.62. The Morgan fingerprint density at radius 3 is 1.75 bits per heavy atom. The zero-order valence-corrected chi connectivity index (χ0v) is 11.6. The topological polar surface area (TPSA) is 12.0 Å². The van der Waals surface area contributed by atoms with Gasteiger partial charge in [0.2, 0.25) is 0 Å². The van der Waals surface area contributed by atoms with Gasteiger partial charge in [-0.1, -0.05) is 45.0 Å². The molecule has 1 unspecified atom stereocenters. The first kappa shape index (κ1) is 16.9. The maximum atomic E-state index is 13.5. The molecule has 0 bridgehead atoms. The summed E-state index contributed by atoms with van der Waals surface area (Å²) < 4.78 is 64.6. The van der Waals surface area contributed by atoms with Crippen LogP contribution in [0.1, 0.15) is 43.9 Å². The third kappa shape index (κ3) is 3.48. The van der Waals surface area contributed by atoms with Crippen LogP contribution in [0.25, 0.3) is 0 Å². The molecule has 1 rings (SSSR count). The molecule has 1 nitrogen and oxygen atoms in total. The van der Waals surface area contributed by atoms with Crippen LogP contribution in [0.4, 0.5) is 22.0 Å². The third-order valence-corrected chi connectivity index (χ3v) is 3.09.